The van der Waals surface area contributed by atoms with Crippen molar-refractivity contribution in [2.24, 2.45) is 5.92 Å². The normalized spacial score (nSPS) is 11.6. The molecule has 2 aromatic carbocycles. The van der Waals surface area contributed by atoms with Crippen LogP contribution in [0.25, 0.3) is 0 Å². The van der Waals surface area contributed by atoms with E-state index < -0.39 is 12.0 Å². The van der Waals surface area contributed by atoms with Gasteiger partial charge in [0.05, 0.1) is 0 Å². The highest BCUT2D eigenvalue weighted by Gasteiger charge is 2.26. The smallest absolute Gasteiger partial charge is 0.329 e. The van der Waals surface area contributed by atoms with Crippen molar-refractivity contribution in [1.82, 2.24) is 20.3 Å². The number of nitrogens with one attached hydrogen (secondary N) is 2. The quantitative estimate of drug-likeness (QED) is 0.474. The summed E-state index contributed by atoms with van der Waals surface area (Å²) in [5.41, 5.74) is 7.00. The summed E-state index contributed by atoms with van der Waals surface area (Å²) in [5.74, 6) is -0.694. The van der Waals surface area contributed by atoms with Gasteiger partial charge in [-0.1, -0.05) is 50.2 Å². The average molecular weight is 420 g/mol. The molecule has 0 bridgehead atoms. The molecule has 31 heavy (non-hydrogen) atoms. The van der Waals surface area contributed by atoms with Gasteiger partial charge in [-0.15, -0.1) is 0 Å². The predicted molar refractivity (Wildman–Crippen MR) is 116 cm³/mol. The summed E-state index contributed by atoms with van der Waals surface area (Å²) in [6.07, 6.45) is 0. The summed E-state index contributed by atoms with van der Waals surface area (Å²) in [7, 11) is 0. The fraction of sp³-hybridized carbons (Fsp3) is 0.227. The molecule has 1 atom stereocenters. The Hall–Kier alpha value is -4.01. The van der Waals surface area contributed by atoms with Crippen molar-refractivity contribution in [1.29, 1.82) is 0 Å². The minimum Gasteiger partial charge on any atom is -0.456 e. The van der Waals surface area contributed by atoms with E-state index in [2.05, 4.69) is 25.6 Å². The molecule has 0 unspecified atom stereocenters. The number of nitrogen functional groups attached to an aromatic ring is 1. The van der Waals surface area contributed by atoms with E-state index in [0.717, 1.165) is 5.69 Å². The summed E-state index contributed by atoms with van der Waals surface area (Å²) in [6.45, 7) is 3.43. The zero-order chi connectivity index (χ0) is 22.2. The molecule has 0 saturated carbocycles. The van der Waals surface area contributed by atoms with E-state index in [-0.39, 0.29) is 36.2 Å². The molecule has 0 fully saturated rings. The third kappa shape index (κ3) is 6.23. The van der Waals surface area contributed by atoms with Crippen LogP contribution < -0.4 is 16.4 Å². The number of carbonyl (C=O) groups is 2. The first-order chi connectivity index (χ1) is 14.9. The van der Waals surface area contributed by atoms with E-state index in [1.807, 2.05) is 50.2 Å². The Bertz CT molecular complexity index is 1030. The molecule has 0 saturated heterocycles. The Labute approximate surface area is 180 Å². The standard InChI is InChI=1S/C22H24N6O3/c1-14(2)18(27-19(29)15-9-5-3-6-10-15)20(30)31-13-17-25-21(23)28-22(26-17)24-16-11-7-4-8-12-16/h3-12,14,18H,13H2,1-2H3,(H,27,29)(H3,23,24,25,26,28)/t18-/m0/s1. The zero-order valence-electron chi connectivity index (χ0n) is 17.3. The van der Waals surface area contributed by atoms with Gasteiger partial charge in [0.1, 0.15) is 6.04 Å². The van der Waals surface area contributed by atoms with E-state index in [1.165, 1.54) is 0 Å². The third-order valence-electron chi connectivity index (χ3n) is 4.32. The summed E-state index contributed by atoms with van der Waals surface area (Å²) in [4.78, 5) is 37.3. The molecular weight excluding hydrogens is 396 g/mol. The number of ether oxygens (including phenoxy) is 1. The lowest BCUT2D eigenvalue weighted by atomic mass is 10.0. The molecule has 3 aromatic rings. The number of amides is 1. The molecule has 0 radical (unpaired) electrons. The van der Waals surface area contributed by atoms with Gasteiger partial charge < -0.3 is 21.1 Å². The molecule has 9 heteroatoms. The van der Waals surface area contributed by atoms with Crippen LogP contribution in [-0.4, -0.2) is 32.9 Å². The Balaban J connectivity index is 1.64. The fourth-order valence-corrected chi connectivity index (χ4v) is 2.75. The Morgan fingerprint density at radius 2 is 1.61 bits per heavy atom. The highest BCUT2D eigenvalue weighted by atomic mass is 16.5. The molecule has 1 aromatic heterocycles. The molecule has 0 aliphatic carbocycles. The van der Waals surface area contributed by atoms with Gasteiger partial charge in [-0.05, 0) is 30.2 Å². The van der Waals surface area contributed by atoms with Gasteiger partial charge in [-0.3, -0.25) is 4.79 Å². The molecule has 160 valence electrons. The SMILES string of the molecule is CC(C)[C@H](NC(=O)c1ccccc1)C(=O)OCc1nc(N)nc(Nc2ccccc2)n1. The fourth-order valence-electron chi connectivity index (χ4n) is 2.75. The van der Waals surface area contributed by atoms with Crippen LogP contribution in [0.1, 0.15) is 30.0 Å². The van der Waals surface area contributed by atoms with Crippen molar-refractivity contribution >= 4 is 29.5 Å². The maximum absolute atomic E-state index is 12.6. The Kier molecular flexibility index (Phi) is 7.10. The van der Waals surface area contributed by atoms with Gasteiger partial charge in [-0.2, -0.15) is 15.0 Å². The van der Waals surface area contributed by atoms with Crippen LogP contribution in [-0.2, 0) is 16.1 Å². The highest BCUT2D eigenvalue weighted by Crippen LogP contribution is 2.13. The molecule has 1 amide bonds. The molecular formula is C22H24N6O3. The van der Waals surface area contributed by atoms with Crippen molar-refractivity contribution in [2.75, 3.05) is 11.1 Å². The van der Waals surface area contributed by atoms with Gasteiger partial charge in [0, 0.05) is 11.3 Å². The first kappa shape index (κ1) is 21.7. The van der Waals surface area contributed by atoms with E-state index in [9.17, 15) is 9.59 Å². The molecule has 3 rings (SSSR count). The van der Waals surface area contributed by atoms with Gasteiger partial charge in [-0.25, -0.2) is 4.79 Å². The van der Waals surface area contributed by atoms with Crippen LogP contribution in [0.15, 0.2) is 60.7 Å². The lowest BCUT2D eigenvalue weighted by Crippen LogP contribution is -2.45. The van der Waals surface area contributed by atoms with Crippen LogP contribution in [0, 0.1) is 5.92 Å². The number of benzene rings is 2. The number of para-hydroxylation sites is 1. The Morgan fingerprint density at radius 1 is 0.968 bits per heavy atom. The van der Waals surface area contributed by atoms with Crippen molar-refractivity contribution in [3.05, 3.63) is 72.1 Å². The maximum Gasteiger partial charge on any atom is 0.329 e. The molecule has 1 heterocycles. The number of anilines is 3. The van der Waals surface area contributed by atoms with Crippen LogP contribution in [0.4, 0.5) is 17.6 Å². The Morgan fingerprint density at radius 3 is 2.26 bits per heavy atom. The number of carbonyl (C=O) groups excluding carboxylic acids is 2. The average Bonchev–Trinajstić information content (AvgIpc) is 2.76. The van der Waals surface area contributed by atoms with E-state index in [0.29, 0.717) is 5.56 Å². The largest absolute Gasteiger partial charge is 0.456 e. The lowest BCUT2D eigenvalue weighted by Gasteiger charge is -2.20. The second-order valence-electron chi connectivity index (χ2n) is 7.09. The summed E-state index contributed by atoms with van der Waals surface area (Å²) in [6, 6.07) is 17.2. The minimum absolute atomic E-state index is 0.00253. The third-order valence-corrected chi connectivity index (χ3v) is 4.32. The first-order valence-electron chi connectivity index (χ1n) is 9.77. The van der Waals surface area contributed by atoms with Crippen molar-refractivity contribution < 1.29 is 14.3 Å². The number of aromatic nitrogens is 3. The predicted octanol–water partition coefficient (Wildman–Crippen LogP) is 2.70. The summed E-state index contributed by atoms with van der Waals surface area (Å²) in [5, 5.41) is 5.74. The maximum atomic E-state index is 12.6. The van der Waals surface area contributed by atoms with Gasteiger partial charge in [0.15, 0.2) is 12.4 Å². The van der Waals surface area contributed by atoms with Gasteiger partial charge in [0.2, 0.25) is 11.9 Å². The molecule has 4 N–H and O–H groups in total. The van der Waals surface area contributed by atoms with Crippen molar-refractivity contribution in [2.45, 2.75) is 26.5 Å². The van der Waals surface area contributed by atoms with E-state index in [4.69, 9.17) is 10.5 Å². The van der Waals surface area contributed by atoms with Crippen molar-refractivity contribution in [3.8, 4) is 0 Å². The second kappa shape index (κ2) is 10.1. The molecule has 9 nitrogen and oxygen atoms in total. The number of nitrogens with two attached hydrogens (primary N) is 1. The monoisotopic (exact) mass is 420 g/mol. The van der Waals surface area contributed by atoms with Crippen LogP contribution in [0.2, 0.25) is 0 Å². The van der Waals surface area contributed by atoms with Gasteiger partial charge >= 0.3 is 5.97 Å². The number of nitrogens with zero attached hydrogens (tertiary/aromatic N) is 3. The van der Waals surface area contributed by atoms with Crippen LogP contribution in [0.3, 0.4) is 0 Å². The second-order valence-corrected chi connectivity index (χ2v) is 7.09. The summed E-state index contributed by atoms with van der Waals surface area (Å²) < 4.78 is 5.36. The lowest BCUT2D eigenvalue weighted by molar-refractivity contribution is -0.148. The van der Waals surface area contributed by atoms with Crippen LogP contribution >= 0.6 is 0 Å². The summed E-state index contributed by atoms with van der Waals surface area (Å²) >= 11 is 0. The molecule has 0 aliphatic rings. The number of esters is 1. The zero-order valence-corrected chi connectivity index (χ0v) is 17.3. The first-order valence-corrected chi connectivity index (χ1v) is 9.77. The van der Waals surface area contributed by atoms with E-state index in [1.54, 1.807) is 24.3 Å². The van der Waals surface area contributed by atoms with Crippen molar-refractivity contribution in [3.63, 3.8) is 0 Å². The molecule has 0 aliphatic heterocycles. The van der Waals surface area contributed by atoms with Gasteiger partial charge in [0.25, 0.3) is 5.91 Å². The number of rotatable bonds is 8. The topological polar surface area (TPSA) is 132 Å². The number of hydrogen-bond donors (Lipinski definition) is 3. The molecule has 0 spiro atoms. The minimum atomic E-state index is -0.825. The van der Waals surface area contributed by atoms with Crippen LogP contribution in [0.5, 0.6) is 0 Å². The number of hydrogen-bond acceptors (Lipinski definition) is 8. The van der Waals surface area contributed by atoms with E-state index >= 15 is 0 Å². The highest BCUT2D eigenvalue weighted by molar-refractivity contribution is 5.96.